The van der Waals surface area contributed by atoms with E-state index in [2.05, 4.69) is 0 Å². The predicted molar refractivity (Wildman–Crippen MR) is 80.0 cm³/mol. The number of hydrogen-bond acceptors (Lipinski definition) is 5. The first-order valence-corrected chi connectivity index (χ1v) is 17.0. The summed E-state index contributed by atoms with van der Waals surface area (Å²) in [6.07, 6.45) is 0. The molecule has 5 nitrogen and oxygen atoms in total. The number of hydrogen-bond donors (Lipinski definition) is 0. The predicted octanol–water partition coefficient (Wildman–Crippen LogP) is 2.78. The summed E-state index contributed by atoms with van der Waals surface area (Å²) in [5.41, 5.74) is 0. The molecule has 0 bridgehead atoms. The Labute approximate surface area is 115 Å². The molecule has 0 atom stereocenters. The molecule has 1 aliphatic heterocycles. The van der Waals surface area contributed by atoms with E-state index in [1.807, 2.05) is 52.8 Å². The standard InChI is InChI=1S/C9H26O5Si4/c1-9-10-18(8)13-16(4,5)11-15(2,3)12-17(6,7)14-18/h9H2,1-8H3. The van der Waals surface area contributed by atoms with Gasteiger partial charge in [-0.3, -0.25) is 0 Å². The quantitative estimate of drug-likeness (QED) is 0.730. The van der Waals surface area contributed by atoms with E-state index in [0.29, 0.717) is 6.61 Å². The number of rotatable bonds is 2. The Bertz CT molecular complexity index is 285. The Balaban J connectivity index is 3.01. The smallest absolute Gasteiger partial charge is 0.416 e. The lowest BCUT2D eigenvalue weighted by atomic mass is 10.9. The van der Waals surface area contributed by atoms with Crippen molar-refractivity contribution in [2.45, 2.75) is 52.8 Å². The second kappa shape index (κ2) is 5.22. The molecule has 0 aromatic carbocycles. The largest absolute Gasteiger partial charge is 0.479 e. The van der Waals surface area contributed by atoms with Gasteiger partial charge < -0.3 is 20.9 Å². The Morgan fingerprint density at radius 3 is 1.33 bits per heavy atom. The van der Waals surface area contributed by atoms with Crippen molar-refractivity contribution in [2.24, 2.45) is 0 Å². The highest BCUT2D eigenvalue weighted by Crippen LogP contribution is 2.30. The lowest BCUT2D eigenvalue weighted by molar-refractivity contribution is 0.134. The molecule has 0 saturated carbocycles. The van der Waals surface area contributed by atoms with Gasteiger partial charge in [0.1, 0.15) is 0 Å². The molecule has 0 aromatic heterocycles. The van der Waals surface area contributed by atoms with Gasteiger partial charge in [-0.15, -0.1) is 0 Å². The molecule has 0 aromatic rings. The van der Waals surface area contributed by atoms with Crippen LogP contribution in [-0.2, 0) is 20.9 Å². The van der Waals surface area contributed by atoms with E-state index in [4.69, 9.17) is 20.9 Å². The van der Waals surface area contributed by atoms with Crippen LogP contribution in [0.4, 0.5) is 0 Å². The Morgan fingerprint density at radius 1 is 0.667 bits per heavy atom. The lowest BCUT2D eigenvalue weighted by Crippen LogP contribution is -2.66. The van der Waals surface area contributed by atoms with E-state index in [1.165, 1.54) is 0 Å². The van der Waals surface area contributed by atoms with Crippen LogP contribution in [0, 0.1) is 0 Å². The first-order chi connectivity index (χ1) is 7.89. The fraction of sp³-hybridized carbons (Fsp3) is 1.00. The summed E-state index contributed by atoms with van der Waals surface area (Å²) in [5, 5.41) is 0. The zero-order chi connectivity index (χ0) is 14.2. The van der Waals surface area contributed by atoms with Gasteiger partial charge in [-0.25, -0.2) is 0 Å². The third-order valence-corrected chi connectivity index (χ3v) is 17.8. The van der Waals surface area contributed by atoms with E-state index < -0.39 is 34.5 Å². The van der Waals surface area contributed by atoms with Gasteiger partial charge in [0.2, 0.25) is 0 Å². The van der Waals surface area contributed by atoms with E-state index in [-0.39, 0.29) is 0 Å². The summed E-state index contributed by atoms with van der Waals surface area (Å²) in [5.74, 6) is 0. The molecule has 1 rings (SSSR count). The van der Waals surface area contributed by atoms with E-state index >= 15 is 0 Å². The van der Waals surface area contributed by atoms with Gasteiger partial charge in [-0.1, -0.05) is 0 Å². The van der Waals surface area contributed by atoms with Crippen molar-refractivity contribution < 1.29 is 20.9 Å². The maximum absolute atomic E-state index is 6.19. The Kier molecular flexibility index (Phi) is 4.85. The van der Waals surface area contributed by atoms with Crippen LogP contribution >= 0.6 is 0 Å². The molecular formula is C9H26O5Si4. The minimum absolute atomic E-state index is 0.582. The molecule has 1 saturated heterocycles. The van der Waals surface area contributed by atoms with Crippen LogP contribution < -0.4 is 0 Å². The highest BCUT2D eigenvalue weighted by Gasteiger charge is 2.53. The fourth-order valence-electron chi connectivity index (χ4n) is 2.48. The molecule has 0 amide bonds. The first-order valence-electron chi connectivity index (χ1n) is 6.33. The van der Waals surface area contributed by atoms with Gasteiger partial charge in [0.25, 0.3) is 0 Å². The van der Waals surface area contributed by atoms with Gasteiger partial charge >= 0.3 is 34.5 Å². The van der Waals surface area contributed by atoms with Crippen LogP contribution in [0.15, 0.2) is 0 Å². The van der Waals surface area contributed by atoms with Crippen LogP contribution in [-0.4, -0.2) is 41.1 Å². The van der Waals surface area contributed by atoms with E-state index in [9.17, 15) is 0 Å². The highest BCUT2D eigenvalue weighted by atomic mass is 28.5. The molecule has 108 valence electrons. The molecule has 9 heteroatoms. The van der Waals surface area contributed by atoms with E-state index in [1.54, 1.807) is 0 Å². The monoisotopic (exact) mass is 326 g/mol. The van der Waals surface area contributed by atoms with Gasteiger partial charge in [0.15, 0.2) is 0 Å². The molecule has 18 heavy (non-hydrogen) atoms. The second-order valence-electron chi connectivity index (χ2n) is 5.90. The third kappa shape index (κ3) is 4.98. The lowest BCUT2D eigenvalue weighted by Gasteiger charge is -2.46. The molecule has 0 unspecified atom stereocenters. The summed E-state index contributed by atoms with van der Waals surface area (Å²) < 4.78 is 30.5. The Morgan fingerprint density at radius 2 is 1.00 bits per heavy atom. The van der Waals surface area contributed by atoms with E-state index in [0.717, 1.165) is 0 Å². The van der Waals surface area contributed by atoms with Crippen LogP contribution in [0.1, 0.15) is 6.92 Å². The van der Waals surface area contributed by atoms with Gasteiger partial charge in [0, 0.05) is 13.2 Å². The summed E-state index contributed by atoms with van der Waals surface area (Å²) in [4.78, 5) is 0. The summed E-state index contributed by atoms with van der Waals surface area (Å²) in [7, 11) is -9.39. The minimum Gasteiger partial charge on any atom is -0.416 e. The van der Waals surface area contributed by atoms with Crippen molar-refractivity contribution in [3.05, 3.63) is 0 Å². The maximum Gasteiger partial charge on any atom is 0.479 e. The van der Waals surface area contributed by atoms with Crippen molar-refractivity contribution in [3.63, 3.8) is 0 Å². The minimum atomic E-state index is -2.66. The van der Waals surface area contributed by atoms with Gasteiger partial charge in [-0.05, 0) is 46.2 Å². The molecule has 1 aliphatic rings. The average molecular weight is 327 g/mol. The van der Waals surface area contributed by atoms with Crippen molar-refractivity contribution in [2.75, 3.05) is 6.61 Å². The zero-order valence-corrected chi connectivity index (χ0v) is 16.7. The van der Waals surface area contributed by atoms with Gasteiger partial charge in [-0.2, -0.15) is 0 Å². The molecule has 1 fully saturated rings. The molecule has 0 aliphatic carbocycles. The van der Waals surface area contributed by atoms with Crippen molar-refractivity contribution in [1.29, 1.82) is 0 Å². The first kappa shape index (κ1) is 16.7. The second-order valence-corrected chi connectivity index (χ2v) is 19.6. The topological polar surface area (TPSA) is 46.2 Å². The van der Waals surface area contributed by atoms with Crippen molar-refractivity contribution >= 4 is 34.5 Å². The summed E-state index contributed by atoms with van der Waals surface area (Å²) in [6, 6.07) is 0. The molecule has 1 heterocycles. The van der Waals surface area contributed by atoms with Crippen LogP contribution in [0.2, 0.25) is 45.8 Å². The SMILES string of the molecule is CCO[Si]1(C)O[Si](C)(C)O[Si](C)(C)O[Si](C)(C)O1. The normalized spacial score (nSPS) is 29.3. The van der Waals surface area contributed by atoms with Crippen LogP contribution in [0.3, 0.4) is 0 Å². The molecule has 0 radical (unpaired) electrons. The van der Waals surface area contributed by atoms with Crippen molar-refractivity contribution in [1.82, 2.24) is 0 Å². The third-order valence-electron chi connectivity index (χ3n) is 2.25. The van der Waals surface area contributed by atoms with Crippen LogP contribution in [0.25, 0.3) is 0 Å². The molecule has 0 N–H and O–H groups in total. The summed E-state index contributed by atoms with van der Waals surface area (Å²) in [6.45, 7) is 16.7. The maximum atomic E-state index is 6.19. The zero-order valence-electron chi connectivity index (χ0n) is 12.7. The fourth-order valence-corrected chi connectivity index (χ4v) is 22.3. The average Bonchev–Trinajstić information content (AvgIpc) is 1.91. The summed E-state index contributed by atoms with van der Waals surface area (Å²) >= 11 is 0. The van der Waals surface area contributed by atoms with Gasteiger partial charge in [0.05, 0.1) is 0 Å². The van der Waals surface area contributed by atoms with Crippen LogP contribution in [0.5, 0.6) is 0 Å². The Hall–Kier alpha value is 0.668. The molecule has 0 spiro atoms. The molecular weight excluding hydrogens is 300 g/mol. The highest BCUT2D eigenvalue weighted by molar-refractivity contribution is 6.91. The van der Waals surface area contributed by atoms with Crippen molar-refractivity contribution in [3.8, 4) is 0 Å².